The van der Waals surface area contributed by atoms with Gasteiger partial charge >= 0.3 is 0 Å². The van der Waals surface area contributed by atoms with Gasteiger partial charge in [0.2, 0.25) is 0 Å². The van der Waals surface area contributed by atoms with E-state index in [-0.39, 0.29) is 29.9 Å². The second-order valence-corrected chi connectivity index (χ2v) is 7.24. The van der Waals surface area contributed by atoms with Gasteiger partial charge in [0.1, 0.15) is 0 Å². The number of nitrogens with one attached hydrogen (secondary N) is 2. The van der Waals surface area contributed by atoms with Crippen LogP contribution in [0.3, 0.4) is 0 Å². The molecule has 0 radical (unpaired) electrons. The van der Waals surface area contributed by atoms with Crippen LogP contribution in [0.1, 0.15) is 27.7 Å². The predicted octanol–water partition coefficient (Wildman–Crippen LogP) is 3.03. The molecule has 1 aliphatic heterocycles. The second-order valence-electron chi connectivity index (χ2n) is 7.24. The number of hydrogen-bond donors (Lipinski definition) is 2. The summed E-state index contributed by atoms with van der Waals surface area (Å²) in [5.74, 6) is -2.44. The van der Waals surface area contributed by atoms with Gasteiger partial charge in [-0.25, -0.2) is 13.8 Å². The first-order valence-electron chi connectivity index (χ1n) is 9.26. The summed E-state index contributed by atoms with van der Waals surface area (Å²) in [6.07, 6.45) is 1.55. The molecule has 1 aliphatic rings. The van der Waals surface area contributed by atoms with Gasteiger partial charge in [-0.1, -0.05) is 0 Å². The number of carbonyl (C=O) groups is 1. The molecule has 2 N–H and O–H groups in total. The Hall–Kier alpha value is -3.59. The normalized spacial score (nSPS) is 16.0. The topological polar surface area (TPSA) is 91.1 Å². The summed E-state index contributed by atoms with van der Waals surface area (Å²) in [5.41, 5.74) is 2.35. The number of halogens is 2. The lowest BCUT2D eigenvalue weighted by Gasteiger charge is -2.34. The number of aromatic nitrogens is 3. The number of hydrogen-bond acceptors (Lipinski definition) is 4. The third kappa shape index (κ3) is 2.78. The summed E-state index contributed by atoms with van der Waals surface area (Å²) < 4.78 is 33.3. The molecule has 4 aromatic rings. The molecule has 152 valence electrons. The Balaban J connectivity index is 1.62. The van der Waals surface area contributed by atoms with E-state index in [4.69, 9.17) is 4.74 Å². The van der Waals surface area contributed by atoms with Gasteiger partial charge in [-0.15, -0.1) is 0 Å². The number of rotatable bonds is 2. The van der Waals surface area contributed by atoms with Crippen molar-refractivity contribution >= 4 is 27.7 Å². The molecule has 0 aliphatic carbocycles. The van der Waals surface area contributed by atoms with Crippen LogP contribution < -0.4 is 5.56 Å². The van der Waals surface area contributed by atoms with Crippen molar-refractivity contribution in [2.24, 2.45) is 0 Å². The number of pyridine rings is 1. The summed E-state index contributed by atoms with van der Waals surface area (Å²) in [7, 11) is 1.61. The number of amides is 1. The fourth-order valence-electron chi connectivity index (χ4n) is 3.96. The van der Waals surface area contributed by atoms with Crippen molar-refractivity contribution < 1.29 is 18.3 Å². The summed E-state index contributed by atoms with van der Waals surface area (Å²) in [6, 6.07) is 6.40. The highest BCUT2D eigenvalue weighted by molar-refractivity contribution is 5.98. The Bertz CT molecular complexity index is 1380. The highest BCUT2D eigenvalue weighted by Gasteiger charge is 2.31. The molecule has 9 heteroatoms. The quantitative estimate of drug-likeness (QED) is 0.532. The third-order valence-corrected chi connectivity index (χ3v) is 5.50. The molecule has 0 spiro atoms. The molecule has 0 unspecified atom stereocenters. The SMILES string of the molecule is CN(C(=O)c1ccc2nc[nH]c2c1)[C@H]1COCc2[nH]c(=O)c3cc(F)c(F)cc3c21. The van der Waals surface area contributed by atoms with E-state index in [1.54, 1.807) is 31.6 Å². The van der Waals surface area contributed by atoms with E-state index in [0.717, 1.165) is 23.2 Å². The third-order valence-electron chi connectivity index (χ3n) is 5.50. The average molecular weight is 410 g/mol. The molecule has 0 saturated heterocycles. The van der Waals surface area contributed by atoms with Gasteiger partial charge in [0.15, 0.2) is 11.6 Å². The van der Waals surface area contributed by atoms with Crippen LogP contribution in [0.5, 0.6) is 0 Å². The molecular weight excluding hydrogens is 394 g/mol. The van der Waals surface area contributed by atoms with Crippen LogP contribution in [0, 0.1) is 11.6 Å². The number of imidazole rings is 1. The van der Waals surface area contributed by atoms with Gasteiger partial charge < -0.3 is 19.6 Å². The van der Waals surface area contributed by atoms with Crippen LogP contribution in [0.4, 0.5) is 8.78 Å². The average Bonchev–Trinajstić information content (AvgIpc) is 3.21. The Morgan fingerprint density at radius 1 is 1.20 bits per heavy atom. The van der Waals surface area contributed by atoms with E-state index in [2.05, 4.69) is 15.0 Å². The van der Waals surface area contributed by atoms with Crippen molar-refractivity contribution in [2.75, 3.05) is 13.7 Å². The van der Waals surface area contributed by atoms with E-state index < -0.39 is 23.2 Å². The molecule has 0 fully saturated rings. The molecule has 0 bridgehead atoms. The number of likely N-dealkylation sites (N-methyl/N-ethyl adjacent to an activating group) is 1. The Morgan fingerprint density at radius 2 is 1.97 bits per heavy atom. The number of carbonyl (C=O) groups excluding carboxylic acids is 1. The monoisotopic (exact) mass is 410 g/mol. The van der Waals surface area contributed by atoms with Crippen molar-refractivity contribution in [3.8, 4) is 0 Å². The largest absolute Gasteiger partial charge is 0.373 e. The zero-order valence-electron chi connectivity index (χ0n) is 15.8. The molecular formula is C21H16F2N4O3. The maximum absolute atomic E-state index is 14.0. The minimum atomic E-state index is -1.10. The number of nitrogens with zero attached hydrogens (tertiary/aromatic N) is 2. The minimum Gasteiger partial charge on any atom is -0.373 e. The van der Waals surface area contributed by atoms with Crippen molar-refractivity contribution in [3.63, 3.8) is 0 Å². The number of aromatic amines is 2. The molecule has 30 heavy (non-hydrogen) atoms. The van der Waals surface area contributed by atoms with Crippen molar-refractivity contribution in [2.45, 2.75) is 12.6 Å². The van der Waals surface area contributed by atoms with Crippen LogP contribution in [0.15, 0.2) is 41.5 Å². The van der Waals surface area contributed by atoms with Crippen LogP contribution >= 0.6 is 0 Å². The summed E-state index contributed by atoms with van der Waals surface area (Å²) >= 11 is 0. The van der Waals surface area contributed by atoms with Crippen LogP contribution in [-0.4, -0.2) is 39.4 Å². The maximum atomic E-state index is 14.0. The van der Waals surface area contributed by atoms with Crippen LogP contribution in [0.2, 0.25) is 0 Å². The smallest absolute Gasteiger partial charge is 0.256 e. The van der Waals surface area contributed by atoms with E-state index in [1.807, 2.05) is 0 Å². The molecule has 1 atom stereocenters. The lowest BCUT2D eigenvalue weighted by Crippen LogP contribution is -2.37. The van der Waals surface area contributed by atoms with Crippen molar-refractivity contribution in [1.82, 2.24) is 19.9 Å². The van der Waals surface area contributed by atoms with Gasteiger partial charge in [0.25, 0.3) is 11.5 Å². The van der Waals surface area contributed by atoms with Crippen LogP contribution in [-0.2, 0) is 11.3 Å². The molecule has 7 nitrogen and oxygen atoms in total. The first-order chi connectivity index (χ1) is 14.4. The Labute approximate surface area is 168 Å². The lowest BCUT2D eigenvalue weighted by molar-refractivity contribution is 0.0336. The molecule has 1 amide bonds. The zero-order chi connectivity index (χ0) is 21.0. The second kappa shape index (κ2) is 6.74. The van der Waals surface area contributed by atoms with E-state index in [1.165, 1.54) is 4.90 Å². The molecule has 5 rings (SSSR count). The predicted molar refractivity (Wildman–Crippen MR) is 105 cm³/mol. The fourth-order valence-corrected chi connectivity index (χ4v) is 3.96. The Kier molecular flexibility index (Phi) is 4.14. The molecule has 3 heterocycles. The van der Waals surface area contributed by atoms with E-state index in [0.29, 0.717) is 16.8 Å². The van der Waals surface area contributed by atoms with Gasteiger partial charge in [-0.05, 0) is 35.7 Å². The summed E-state index contributed by atoms with van der Waals surface area (Å²) in [5, 5.41) is 0.295. The summed E-state index contributed by atoms with van der Waals surface area (Å²) in [4.78, 5) is 36.8. The number of benzene rings is 2. The number of H-pyrrole nitrogens is 2. The van der Waals surface area contributed by atoms with Gasteiger partial charge in [0.05, 0.1) is 42.0 Å². The molecule has 2 aromatic heterocycles. The van der Waals surface area contributed by atoms with Gasteiger partial charge in [-0.2, -0.15) is 0 Å². The summed E-state index contributed by atoms with van der Waals surface area (Å²) in [6.45, 7) is 0.264. The molecule has 0 saturated carbocycles. The minimum absolute atomic E-state index is 0.0271. The first kappa shape index (κ1) is 18.4. The Morgan fingerprint density at radius 3 is 2.77 bits per heavy atom. The maximum Gasteiger partial charge on any atom is 0.256 e. The van der Waals surface area contributed by atoms with Crippen molar-refractivity contribution in [1.29, 1.82) is 0 Å². The van der Waals surface area contributed by atoms with E-state index in [9.17, 15) is 18.4 Å². The zero-order valence-corrected chi connectivity index (χ0v) is 15.8. The highest BCUT2D eigenvalue weighted by Crippen LogP contribution is 2.34. The number of fused-ring (bicyclic) bond motifs is 4. The lowest BCUT2D eigenvalue weighted by atomic mass is 9.95. The van der Waals surface area contributed by atoms with E-state index >= 15 is 0 Å². The van der Waals surface area contributed by atoms with Gasteiger partial charge in [0, 0.05) is 23.9 Å². The number of ether oxygens (including phenoxy) is 1. The fraction of sp³-hybridized carbons (Fsp3) is 0.190. The van der Waals surface area contributed by atoms with Crippen molar-refractivity contribution in [3.05, 3.63) is 75.5 Å². The first-order valence-corrected chi connectivity index (χ1v) is 9.26. The van der Waals surface area contributed by atoms with Gasteiger partial charge in [-0.3, -0.25) is 9.59 Å². The van der Waals surface area contributed by atoms with Crippen LogP contribution in [0.25, 0.3) is 21.8 Å². The highest BCUT2D eigenvalue weighted by atomic mass is 19.2. The standard InChI is InChI=1S/C21H16F2N4O3/c1-27(21(29)10-2-3-15-16(4-10)25-9-24-15)18-8-30-7-17-19(18)11-5-13(22)14(23)6-12(11)20(28)26-17/h2-6,9,18H,7-8H2,1H3,(H,24,25)(H,26,28)/t18-/m0/s1. The molecule has 2 aromatic carbocycles.